The average molecular weight is 475 g/mol. The van der Waals surface area contributed by atoms with Crippen molar-refractivity contribution in [1.29, 1.82) is 0 Å². The van der Waals surface area contributed by atoms with E-state index in [0.29, 0.717) is 42.2 Å². The maximum atomic E-state index is 13.8. The fourth-order valence-electron chi connectivity index (χ4n) is 3.98. The summed E-state index contributed by atoms with van der Waals surface area (Å²) in [5.41, 5.74) is 0.715. The number of rotatable bonds is 8. The van der Waals surface area contributed by atoms with E-state index in [2.05, 4.69) is 10.2 Å². The molecule has 1 saturated heterocycles. The first-order valence-electron chi connectivity index (χ1n) is 11.0. The number of hydrogen-bond acceptors (Lipinski definition) is 5. The summed E-state index contributed by atoms with van der Waals surface area (Å²) >= 11 is 0.952. The Balaban J connectivity index is 1.55. The third-order valence-corrected chi connectivity index (χ3v) is 7.09. The van der Waals surface area contributed by atoms with Gasteiger partial charge in [-0.15, -0.1) is 11.3 Å². The van der Waals surface area contributed by atoms with Crippen molar-refractivity contribution < 1.29 is 23.0 Å². The summed E-state index contributed by atoms with van der Waals surface area (Å²) < 4.78 is 39.6. The van der Waals surface area contributed by atoms with Crippen molar-refractivity contribution in [1.82, 2.24) is 10.2 Å². The molecule has 0 atom stereocenters. The van der Waals surface area contributed by atoms with Gasteiger partial charge in [-0.1, -0.05) is 30.3 Å². The fourth-order valence-corrected chi connectivity index (χ4v) is 5.02. The lowest BCUT2D eigenvalue weighted by Crippen LogP contribution is -2.55. The molecule has 2 aromatic carbocycles. The van der Waals surface area contributed by atoms with Crippen molar-refractivity contribution in [3.63, 3.8) is 0 Å². The topological polar surface area (TPSA) is 50.8 Å². The maximum absolute atomic E-state index is 13.8. The zero-order chi connectivity index (χ0) is 23.4. The van der Waals surface area contributed by atoms with Crippen LogP contribution < -0.4 is 10.1 Å². The molecule has 5 nitrogen and oxygen atoms in total. The SMILES string of the molecule is CC(C)(CNC(=O)c1c(C(F)F)sc2ccc(OCc3ccccc3)cc12)N1CCOCC1. The fraction of sp³-hybridized carbons (Fsp3) is 0.400. The van der Waals surface area contributed by atoms with E-state index < -0.39 is 12.3 Å². The van der Waals surface area contributed by atoms with E-state index in [4.69, 9.17) is 9.47 Å². The second kappa shape index (κ2) is 10.2. The summed E-state index contributed by atoms with van der Waals surface area (Å²) in [5.74, 6) is 0.0470. The number of alkyl halides is 2. The number of hydrogen-bond donors (Lipinski definition) is 1. The van der Waals surface area contributed by atoms with Gasteiger partial charge < -0.3 is 14.8 Å². The molecule has 1 aliphatic heterocycles. The molecule has 33 heavy (non-hydrogen) atoms. The zero-order valence-corrected chi connectivity index (χ0v) is 19.6. The summed E-state index contributed by atoms with van der Waals surface area (Å²) in [6.45, 7) is 7.61. The van der Waals surface area contributed by atoms with Crippen molar-refractivity contribution in [3.05, 3.63) is 64.5 Å². The third kappa shape index (κ3) is 5.51. The highest BCUT2D eigenvalue weighted by molar-refractivity contribution is 7.19. The molecule has 1 fully saturated rings. The van der Waals surface area contributed by atoms with Crippen molar-refractivity contribution >= 4 is 27.3 Å². The first-order valence-corrected chi connectivity index (χ1v) is 11.8. The minimum absolute atomic E-state index is 0.0351. The van der Waals surface area contributed by atoms with E-state index in [1.165, 1.54) is 0 Å². The first-order chi connectivity index (χ1) is 15.8. The van der Waals surface area contributed by atoms with Gasteiger partial charge >= 0.3 is 0 Å². The van der Waals surface area contributed by atoms with Crippen LogP contribution in [0, 0.1) is 0 Å². The van der Waals surface area contributed by atoms with E-state index in [0.717, 1.165) is 30.0 Å². The average Bonchev–Trinajstić information content (AvgIpc) is 3.22. The van der Waals surface area contributed by atoms with Crippen molar-refractivity contribution in [2.75, 3.05) is 32.8 Å². The van der Waals surface area contributed by atoms with Crippen LogP contribution in [0.25, 0.3) is 10.1 Å². The molecule has 0 aliphatic carbocycles. The van der Waals surface area contributed by atoms with Gasteiger partial charge in [0.05, 0.1) is 23.7 Å². The smallest absolute Gasteiger partial charge is 0.273 e. The van der Waals surface area contributed by atoms with Crippen molar-refractivity contribution in [3.8, 4) is 5.75 Å². The predicted molar refractivity (Wildman–Crippen MR) is 126 cm³/mol. The van der Waals surface area contributed by atoms with Crippen LogP contribution in [0.3, 0.4) is 0 Å². The highest BCUT2D eigenvalue weighted by Gasteiger charge is 2.30. The van der Waals surface area contributed by atoms with Gasteiger partial charge in [0.25, 0.3) is 12.3 Å². The monoisotopic (exact) mass is 474 g/mol. The Kier molecular flexibility index (Phi) is 7.26. The Hall–Kier alpha value is -2.55. The van der Waals surface area contributed by atoms with Crippen molar-refractivity contribution in [2.45, 2.75) is 32.4 Å². The second-order valence-electron chi connectivity index (χ2n) is 8.67. The number of ether oxygens (including phenoxy) is 2. The van der Waals surface area contributed by atoms with Crippen LogP contribution in [0.2, 0.25) is 0 Å². The molecule has 1 aromatic heterocycles. The number of carbonyl (C=O) groups excluding carboxylic acids is 1. The van der Waals surface area contributed by atoms with E-state index in [9.17, 15) is 13.6 Å². The molecule has 4 rings (SSSR count). The predicted octanol–water partition coefficient (Wildman–Crippen LogP) is 5.26. The number of carbonyl (C=O) groups is 1. The first kappa shape index (κ1) is 23.6. The van der Waals surface area contributed by atoms with Crippen LogP contribution in [0.15, 0.2) is 48.5 Å². The minimum Gasteiger partial charge on any atom is -0.489 e. The van der Waals surface area contributed by atoms with Gasteiger partial charge in [0.15, 0.2) is 0 Å². The molecule has 8 heteroatoms. The number of nitrogens with one attached hydrogen (secondary N) is 1. The van der Waals surface area contributed by atoms with Crippen LogP contribution in [-0.2, 0) is 11.3 Å². The Morgan fingerprint density at radius 1 is 1.18 bits per heavy atom. The second-order valence-corrected chi connectivity index (χ2v) is 9.75. The van der Waals surface area contributed by atoms with Gasteiger partial charge in [-0.05, 0) is 37.6 Å². The largest absolute Gasteiger partial charge is 0.489 e. The Bertz CT molecular complexity index is 1100. The van der Waals surface area contributed by atoms with Gasteiger partial charge in [0.1, 0.15) is 12.4 Å². The standard InChI is InChI=1S/C25H28F2N2O3S/c1-25(2,29-10-12-31-13-11-29)16-28-24(30)21-19-14-18(32-15-17-6-4-3-5-7-17)8-9-20(19)33-22(21)23(26)27/h3-9,14,23H,10-13,15-16H2,1-2H3,(H,28,30). The van der Waals surface area contributed by atoms with E-state index in [1.54, 1.807) is 18.2 Å². The van der Waals surface area contributed by atoms with Crippen LogP contribution in [0.4, 0.5) is 8.78 Å². The Morgan fingerprint density at radius 3 is 2.61 bits per heavy atom. The van der Waals surface area contributed by atoms with Gasteiger partial charge in [0, 0.05) is 35.3 Å². The normalized spacial score (nSPS) is 15.2. The number of amides is 1. The van der Waals surface area contributed by atoms with Gasteiger partial charge in [-0.25, -0.2) is 8.78 Å². The van der Waals surface area contributed by atoms with Crippen LogP contribution in [-0.4, -0.2) is 49.2 Å². The Labute approximate surface area is 196 Å². The summed E-state index contributed by atoms with van der Waals surface area (Å²) in [5, 5.41) is 3.39. The molecule has 0 bridgehead atoms. The lowest BCUT2D eigenvalue weighted by Gasteiger charge is -2.40. The number of fused-ring (bicyclic) bond motifs is 1. The lowest BCUT2D eigenvalue weighted by molar-refractivity contribution is -0.00923. The van der Waals surface area contributed by atoms with Crippen molar-refractivity contribution in [2.24, 2.45) is 0 Å². The molecule has 0 unspecified atom stereocenters. The van der Waals surface area contributed by atoms with Crippen LogP contribution >= 0.6 is 11.3 Å². The minimum atomic E-state index is -2.73. The van der Waals surface area contributed by atoms with E-state index in [-0.39, 0.29) is 16.0 Å². The highest BCUT2D eigenvalue weighted by Crippen LogP contribution is 2.39. The van der Waals surface area contributed by atoms with Gasteiger partial charge in [-0.2, -0.15) is 0 Å². The number of nitrogens with zero attached hydrogens (tertiary/aromatic N) is 1. The molecule has 2 heterocycles. The molecule has 0 radical (unpaired) electrons. The molecule has 1 amide bonds. The van der Waals surface area contributed by atoms with Crippen LogP contribution in [0.1, 0.15) is 41.1 Å². The summed E-state index contributed by atoms with van der Waals surface area (Å²) in [7, 11) is 0. The lowest BCUT2D eigenvalue weighted by atomic mass is 10.0. The molecule has 1 N–H and O–H groups in total. The molecule has 1 aliphatic rings. The molecule has 176 valence electrons. The Morgan fingerprint density at radius 2 is 1.91 bits per heavy atom. The number of benzene rings is 2. The summed E-state index contributed by atoms with van der Waals surface area (Å²) in [6, 6.07) is 14.9. The quantitative estimate of drug-likeness (QED) is 0.484. The number of halogens is 2. The van der Waals surface area contributed by atoms with Crippen LogP contribution in [0.5, 0.6) is 5.75 Å². The van der Waals surface area contributed by atoms with E-state index >= 15 is 0 Å². The van der Waals surface area contributed by atoms with E-state index in [1.807, 2.05) is 44.2 Å². The summed E-state index contributed by atoms with van der Waals surface area (Å²) in [4.78, 5) is 15.2. The molecule has 0 saturated carbocycles. The molecule has 0 spiro atoms. The zero-order valence-electron chi connectivity index (χ0n) is 18.8. The number of morpholine rings is 1. The molecular formula is C25H28F2N2O3S. The molecular weight excluding hydrogens is 446 g/mol. The number of thiophene rings is 1. The van der Waals surface area contributed by atoms with Gasteiger partial charge in [0.2, 0.25) is 0 Å². The summed E-state index contributed by atoms with van der Waals surface area (Å²) in [6.07, 6.45) is -2.73. The molecule has 3 aromatic rings. The highest BCUT2D eigenvalue weighted by atomic mass is 32.1. The third-order valence-electron chi connectivity index (χ3n) is 5.91. The maximum Gasteiger partial charge on any atom is 0.273 e. The van der Waals surface area contributed by atoms with Gasteiger partial charge in [-0.3, -0.25) is 9.69 Å².